The summed E-state index contributed by atoms with van der Waals surface area (Å²) in [5.41, 5.74) is 14.4. The molecule has 0 saturated carbocycles. The van der Waals surface area contributed by atoms with Crippen molar-refractivity contribution in [2.45, 2.75) is 75.9 Å². The quantitative estimate of drug-likeness (QED) is 0.0819. The van der Waals surface area contributed by atoms with Gasteiger partial charge in [0.15, 0.2) is 0 Å². The van der Waals surface area contributed by atoms with Crippen molar-refractivity contribution in [3.63, 3.8) is 0 Å². The third-order valence-corrected chi connectivity index (χ3v) is 10.3. The van der Waals surface area contributed by atoms with Crippen LogP contribution in [0.3, 0.4) is 0 Å². The maximum atomic E-state index is 13.9. The van der Waals surface area contributed by atoms with Gasteiger partial charge >= 0.3 is 5.97 Å². The molecule has 0 aliphatic rings. The molecule has 3 aromatic carbocycles. The van der Waals surface area contributed by atoms with E-state index in [0.717, 1.165) is 11.1 Å². The van der Waals surface area contributed by atoms with Crippen LogP contribution in [0.4, 0.5) is 5.69 Å². The summed E-state index contributed by atoms with van der Waals surface area (Å²) in [6, 6.07) is 24.0. The van der Waals surface area contributed by atoms with Gasteiger partial charge in [0.2, 0.25) is 15.9 Å². The standard InChI is InChI=1S/C37H53N5O5S/c1-26(2)24-42(48(45,46)32-21-19-30(38)20-22-32)31(25-47-37(44)34(39)27(3)4)18-12-13-23-41-36(43)35(40-5)33(28-14-8-6-9-15-28)29-16-10-7-11-17-29/h6-11,14-17,19-22,26-27,31,33-35,40H,12-13,18,23-25,38-39H2,1-5H3,(H,41,43)/t31-,34-,35-/m0/s1. The number of benzene rings is 3. The summed E-state index contributed by atoms with van der Waals surface area (Å²) in [4.78, 5) is 26.4. The lowest BCUT2D eigenvalue weighted by molar-refractivity contribution is -0.147. The highest BCUT2D eigenvalue weighted by molar-refractivity contribution is 7.89. The fourth-order valence-electron chi connectivity index (χ4n) is 5.61. The van der Waals surface area contributed by atoms with E-state index in [1.54, 1.807) is 19.2 Å². The molecule has 0 spiro atoms. The first kappa shape index (κ1) is 38.7. The van der Waals surface area contributed by atoms with Crippen molar-refractivity contribution in [3.05, 3.63) is 96.1 Å². The molecule has 0 aromatic heterocycles. The van der Waals surface area contributed by atoms with E-state index in [1.165, 1.54) is 16.4 Å². The molecule has 48 heavy (non-hydrogen) atoms. The van der Waals surface area contributed by atoms with Gasteiger partial charge in [-0.25, -0.2) is 8.42 Å². The van der Waals surface area contributed by atoms with Gasteiger partial charge in [0.05, 0.1) is 17.0 Å². The van der Waals surface area contributed by atoms with Crippen molar-refractivity contribution in [1.29, 1.82) is 0 Å². The first-order chi connectivity index (χ1) is 22.9. The molecule has 10 nitrogen and oxygen atoms in total. The maximum Gasteiger partial charge on any atom is 0.323 e. The zero-order chi connectivity index (χ0) is 35.3. The molecule has 0 heterocycles. The Bertz CT molecular complexity index is 1480. The molecule has 0 fully saturated rings. The molecule has 0 aliphatic carbocycles. The topological polar surface area (TPSA) is 157 Å². The Hall–Kier alpha value is -3.77. The van der Waals surface area contributed by atoms with Crippen LogP contribution in [0.15, 0.2) is 89.8 Å². The number of hydrogen-bond donors (Lipinski definition) is 4. The average molecular weight is 680 g/mol. The van der Waals surface area contributed by atoms with Crippen molar-refractivity contribution in [2.24, 2.45) is 17.6 Å². The van der Waals surface area contributed by atoms with Crippen molar-refractivity contribution in [1.82, 2.24) is 14.9 Å². The second-order valence-corrected chi connectivity index (χ2v) is 14.8. The number of nitrogens with two attached hydrogens (primary N) is 2. The van der Waals surface area contributed by atoms with Crippen molar-refractivity contribution in [3.8, 4) is 0 Å². The Kier molecular flexibility index (Phi) is 15.1. The molecule has 11 heteroatoms. The van der Waals surface area contributed by atoms with Crippen LogP contribution >= 0.6 is 0 Å². The number of anilines is 1. The molecule has 3 rings (SSSR count). The molecule has 3 atom stereocenters. The van der Waals surface area contributed by atoms with Crippen LogP contribution in [0.2, 0.25) is 0 Å². The molecule has 0 unspecified atom stereocenters. The number of hydrogen-bond acceptors (Lipinski definition) is 8. The number of ether oxygens (including phenoxy) is 1. The lowest BCUT2D eigenvalue weighted by atomic mass is 9.84. The van der Waals surface area contributed by atoms with Gasteiger partial charge in [-0.15, -0.1) is 0 Å². The monoisotopic (exact) mass is 679 g/mol. The number of esters is 1. The van der Waals surface area contributed by atoms with Gasteiger partial charge in [-0.3, -0.25) is 9.59 Å². The molecule has 3 aromatic rings. The van der Waals surface area contributed by atoms with Crippen LogP contribution in [0, 0.1) is 11.8 Å². The lowest BCUT2D eigenvalue weighted by Crippen LogP contribution is -2.47. The van der Waals surface area contributed by atoms with E-state index in [-0.39, 0.29) is 41.7 Å². The van der Waals surface area contributed by atoms with Crippen LogP contribution in [0.5, 0.6) is 0 Å². The Morgan fingerprint density at radius 2 is 1.42 bits per heavy atom. The van der Waals surface area contributed by atoms with E-state index in [1.807, 2.05) is 88.4 Å². The SMILES string of the molecule is CN[C@H](C(=O)NCCCC[C@@H](COC(=O)[C@@H](N)C(C)C)N(CC(C)C)S(=O)(=O)c1ccc(N)cc1)C(c1ccccc1)c1ccccc1. The van der Waals surface area contributed by atoms with E-state index in [2.05, 4.69) is 10.6 Å². The van der Waals surface area contributed by atoms with Gasteiger partial charge in [0.25, 0.3) is 0 Å². The van der Waals surface area contributed by atoms with Crippen molar-refractivity contribution in [2.75, 3.05) is 32.5 Å². The third kappa shape index (κ3) is 10.9. The molecule has 0 aliphatic heterocycles. The molecule has 0 saturated heterocycles. The van der Waals surface area contributed by atoms with Gasteiger partial charge in [-0.2, -0.15) is 4.31 Å². The highest BCUT2D eigenvalue weighted by Gasteiger charge is 2.34. The molecular weight excluding hydrogens is 627 g/mol. The summed E-state index contributed by atoms with van der Waals surface area (Å²) >= 11 is 0. The number of likely N-dealkylation sites (N-methyl/N-ethyl adjacent to an activating group) is 1. The van der Waals surface area contributed by atoms with E-state index < -0.39 is 34.1 Å². The zero-order valence-electron chi connectivity index (χ0n) is 28.8. The molecule has 0 bridgehead atoms. The van der Waals surface area contributed by atoms with Crippen molar-refractivity contribution < 1.29 is 22.7 Å². The number of nitrogens with one attached hydrogen (secondary N) is 2. The first-order valence-electron chi connectivity index (χ1n) is 16.7. The summed E-state index contributed by atoms with van der Waals surface area (Å²) in [5, 5.41) is 6.30. The Morgan fingerprint density at radius 1 is 0.854 bits per heavy atom. The molecular formula is C37H53N5O5S. The average Bonchev–Trinajstić information content (AvgIpc) is 3.07. The first-order valence-corrected chi connectivity index (χ1v) is 18.1. The van der Waals surface area contributed by atoms with E-state index in [9.17, 15) is 18.0 Å². The molecule has 6 N–H and O–H groups in total. The number of carbonyl (C=O) groups is 2. The number of nitrogen functional groups attached to an aromatic ring is 1. The normalized spacial score (nSPS) is 13.9. The molecule has 0 radical (unpaired) electrons. The number of sulfonamides is 1. The second-order valence-electron chi connectivity index (χ2n) is 12.9. The summed E-state index contributed by atoms with van der Waals surface area (Å²) in [6.45, 7) is 8.03. The fraction of sp³-hybridized carbons (Fsp3) is 0.459. The largest absolute Gasteiger partial charge is 0.463 e. The number of rotatable bonds is 19. The lowest BCUT2D eigenvalue weighted by Gasteiger charge is -2.32. The number of unbranched alkanes of at least 4 members (excludes halogenated alkanes) is 1. The third-order valence-electron chi connectivity index (χ3n) is 8.35. The smallest absolute Gasteiger partial charge is 0.323 e. The number of nitrogens with zero attached hydrogens (tertiary/aromatic N) is 1. The van der Waals surface area contributed by atoms with Crippen LogP contribution in [-0.4, -0.2) is 69.5 Å². The van der Waals surface area contributed by atoms with E-state index >= 15 is 0 Å². The van der Waals surface area contributed by atoms with Gasteiger partial charge in [-0.1, -0.05) is 88.4 Å². The Balaban J connectivity index is 1.74. The summed E-state index contributed by atoms with van der Waals surface area (Å²) < 4.78 is 34.9. The summed E-state index contributed by atoms with van der Waals surface area (Å²) in [6.07, 6.45) is 1.58. The summed E-state index contributed by atoms with van der Waals surface area (Å²) in [7, 11) is -2.17. The van der Waals surface area contributed by atoms with Crippen molar-refractivity contribution >= 4 is 27.6 Å². The second kappa shape index (κ2) is 18.7. The molecule has 262 valence electrons. The van der Waals surface area contributed by atoms with Crippen LogP contribution in [0.25, 0.3) is 0 Å². The minimum atomic E-state index is -3.95. The zero-order valence-corrected chi connectivity index (χ0v) is 29.7. The van der Waals surface area contributed by atoms with Gasteiger partial charge in [0, 0.05) is 24.7 Å². The predicted molar refractivity (Wildman–Crippen MR) is 192 cm³/mol. The maximum absolute atomic E-state index is 13.9. The number of amides is 1. The fourth-order valence-corrected chi connectivity index (χ4v) is 7.41. The van der Waals surface area contributed by atoms with E-state index in [4.69, 9.17) is 16.2 Å². The van der Waals surface area contributed by atoms with Gasteiger partial charge in [0.1, 0.15) is 12.6 Å². The minimum Gasteiger partial charge on any atom is -0.463 e. The predicted octanol–water partition coefficient (Wildman–Crippen LogP) is 4.52. The van der Waals surface area contributed by atoms with Crippen LogP contribution < -0.4 is 22.1 Å². The highest BCUT2D eigenvalue weighted by atomic mass is 32.2. The Labute approximate surface area is 286 Å². The Morgan fingerprint density at radius 3 is 1.92 bits per heavy atom. The number of carbonyl (C=O) groups excluding carboxylic acids is 2. The van der Waals surface area contributed by atoms with Crippen LogP contribution in [-0.2, 0) is 24.3 Å². The van der Waals surface area contributed by atoms with Gasteiger partial charge in [-0.05, 0) is 73.5 Å². The minimum absolute atomic E-state index is 0.00428. The highest BCUT2D eigenvalue weighted by Crippen LogP contribution is 2.28. The van der Waals surface area contributed by atoms with Crippen LogP contribution in [0.1, 0.15) is 64.0 Å². The summed E-state index contributed by atoms with van der Waals surface area (Å²) in [5.74, 6) is -1.02. The molecule has 1 amide bonds. The van der Waals surface area contributed by atoms with Gasteiger partial charge < -0.3 is 26.8 Å². The van der Waals surface area contributed by atoms with E-state index in [0.29, 0.717) is 31.5 Å².